The van der Waals surface area contributed by atoms with Crippen LogP contribution in [0.15, 0.2) is 0 Å². The highest BCUT2D eigenvalue weighted by Gasteiger charge is 2.30. The molecule has 13 heavy (non-hydrogen) atoms. The monoisotopic (exact) mass is 188 g/mol. The number of hydrogen-bond donors (Lipinski definition) is 2. The number of carboxylic acids is 1. The van der Waals surface area contributed by atoms with Crippen LogP contribution in [-0.4, -0.2) is 40.5 Å². The Balaban J connectivity index is 4.53. The Morgan fingerprint density at radius 3 is 2.08 bits per heavy atom. The maximum atomic E-state index is 11.4. The topological polar surface area (TPSA) is 83.6 Å². The SMILES string of the molecule is CC(C(=O)O)N(C)C(=O)C(C)(C)N. The molecule has 1 amide bonds. The van der Waals surface area contributed by atoms with E-state index in [0.29, 0.717) is 0 Å². The van der Waals surface area contributed by atoms with Gasteiger partial charge >= 0.3 is 5.97 Å². The third kappa shape index (κ3) is 3.02. The standard InChI is InChI=1S/C8H16N2O3/c1-5(6(11)12)10(4)7(13)8(2,3)9/h5H,9H2,1-4H3,(H,11,12). The van der Waals surface area contributed by atoms with Crippen molar-refractivity contribution in [2.24, 2.45) is 5.73 Å². The Labute approximate surface area is 77.5 Å². The summed E-state index contributed by atoms with van der Waals surface area (Å²) in [6, 6.07) is -0.852. The number of aliphatic carboxylic acids is 1. The van der Waals surface area contributed by atoms with Crippen molar-refractivity contribution >= 4 is 11.9 Å². The lowest BCUT2D eigenvalue weighted by Gasteiger charge is -2.28. The number of carboxylic acid groups (broad SMARTS) is 1. The predicted molar refractivity (Wildman–Crippen MR) is 48.1 cm³/mol. The summed E-state index contributed by atoms with van der Waals surface area (Å²) in [6.07, 6.45) is 0. The average Bonchev–Trinajstić information content (AvgIpc) is 1.98. The molecular formula is C8H16N2O3. The molecule has 0 saturated heterocycles. The summed E-state index contributed by atoms with van der Waals surface area (Å²) in [6.45, 7) is 4.52. The van der Waals surface area contributed by atoms with Crippen LogP contribution in [0.1, 0.15) is 20.8 Å². The van der Waals surface area contributed by atoms with Crippen LogP contribution in [0, 0.1) is 0 Å². The number of likely N-dealkylation sites (N-methyl/N-ethyl adjacent to an activating group) is 1. The highest BCUT2D eigenvalue weighted by atomic mass is 16.4. The summed E-state index contributed by atoms with van der Waals surface area (Å²) < 4.78 is 0. The van der Waals surface area contributed by atoms with Gasteiger partial charge < -0.3 is 15.7 Å². The van der Waals surface area contributed by atoms with Crippen molar-refractivity contribution in [3.63, 3.8) is 0 Å². The summed E-state index contributed by atoms with van der Waals surface area (Å²) in [4.78, 5) is 23.1. The molecule has 0 saturated carbocycles. The number of rotatable bonds is 3. The number of nitrogens with two attached hydrogens (primary N) is 1. The lowest BCUT2D eigenvalue weighted by molar-refractivity contribution is -0.149. The average molecular weight is 188 g/mol. The maximum absolute atomic E-state index is 11.4. The van der Waals surface area contributed by atoms with Crippen molar-refractivity contribution < 1.29 is 14.7 Å². The van der Waals surface area contributed by atoms with Crippen LogP contribution in [0.25, 0.3) is 0 Å². The summed E-state index contributed by atoms with van der Waals surface area (Å²) in [5, 5.41) is 8.63. The fraction of sp³-hybridized carbons (Fsp3) is 0.750. The van der Waals surface area contributed by atoms with Crippen molar-refractivity contribution in [2.75, 3.05) is 7.05 Å². The predicted octanol–water partition coefficient (Wildman–Crippen LogP) is -0.345. The number of nitrogens with zero attached hydrogens (tertiary/aromatic N) is 1. The molecule has 5 heteroatoms. The first-order chi connectivity index (χ1) is 5.68. The molecule has 0 aliphatic heterocycles. The zero-order valence-corrected chi connectivity index (χ0v) is 8.37. The van der Waals surface area contributed by atoms with E-state index >= 15 is 0 Å². The van der Waals surface area contributed by atoms with Crippen LogP contribution < -0.4 is 5.73 Å². The molecule has 1 atom stereocenters. The molecular weight excluding hydrogens is 172 g/mol. The highest BCUT2D eigenvalue weighted by Crippen LogP contribution is 2.06. The second-order valence-electron chi connectivity index (χ2n) is 3.65. The Bertz CT molecular complexity index is 220. The van der Waals surface area contributed by atoms with E-state index in [2.05, 4.69) is 0 Å². The smallest absolute Gasteiger partial charge is 0.326 e. The molecule has 0 rings (SSSR count). The lowest BCUT2D eigenvalue weighted by atomic mass is 10.0. The van der Waals surface area contributed by atoms with Crippen molar-refractivity contribution in [1.82, 2.24) is 4.90 Å². The van der Waals surface area contributed by atoms with Gasteiger partial charge in [-0.25, -0.2) is 4.79 Å². The Morgan fingerprint density at radius 2 is 1.85 bits per heavy atom. The van der Waals surface area contributed by atoms with Crippen molar-refractivity contribution in [3.05, 3.63) is 0 Å². The molecule has 0 fully saturated rings. The van der Waals surface area contributed by atoms with Gasteiger partial charge in [-0.3, -0.25) is 4.79 Å². The molecule has 3 N–H and O–H groups in total. The van der Waals surface area contributed by atoms with E-state index in [1.165, 1.54) is 14.0 Å². The van der Waals surface area contributed by atoms with Gasteiger partial charge in [-0.05, 0) is 20.8 Å². The van der Waals surface area contributed by atoms with Crippen LogP contribution in [0.5, 0.6) is 0 Å². The Hall–Kier alpha value is -1.10. The highest BCUT2D eigenvalue weighted by molar-refractivity contribution is 5.88. The minimum absolute atomic E-state index is 0.387. The van der Waals surface area contributed by atoms with E-state index in [0.717, 1.165) is 4.90 Å². The molecule has 0 aliphatic carbocycles. The van der Waals surface area contributed by atoms with E-state index in [4.69, 9.17) is 10.8 Å². The van der Waals surface area contributed by atoms with Gasteiger partial charge in [0.1, 0.15) is 6.04 Å². The van der Waals surface area contributed by atoms with Crippen molar-refractivity contribution in [2.45, 2.75) is 32.4 Å². The van der Waals surface area contributed by atoms with Gasteiger partial charge in [-0.2, -0.15) is 0 Å². The Kier molecular flexibility index (Phi) is 3.42. The summed E-state index contributed by atoms with van der Waals surface area (Å²) in [7, 11) is 1.43. The lowest BCUT2D eigenvalue weighted by Crippen LogP contribution is -2.53. The van der Waals surface area contributed by atoms with Gasteiger partial charge in [0.05, 0.1) is 5.54 Å². The van der Waals surface area contributed by atoms with Crippen molar-refractivity contribution in [1.29, 1.82) is 0 Å². The quantitative estimate of drug-likeness (QED) is 0.634. The third-order valence-electron chi connectivity index (χ3n) is 1.81. The number of hydrogen-bond acceptors (Lipinski definition) is 3. The van der Waals surface area contributed by atoms with Crippen LogP contribution in [0.4, 0.5) is 0 Å². The van der Waals surface area contributed by atoms with Crippen LogP contribution in [-0.2, 0) is 9.59 Å². The van der Waals surface area contributed by atoms with E-state index in [9.17, 15) is 9.59 Å². The molecule has 1 unspecified atom stereocenters. The molecule has 0 radical (unpaired) electrons. The second-order valence-corrected chi connectivity index (χ2v) is 3.65. The van der Waals surface area contributed by atoms with E-state index in [-0.39, 0.29) is 5.91 Å². The first-order valence-corrected chi connectivity index (χ1v) is 3.97. The van der Waals surface area contributed by atoms with Gasteiger partial charge in [0, 0.05) is 7.05 Å². The normalized spacial score (nSPS) is 13.6. The minimum Gasteiger partial charge on any atom is -0.480 e. The number of amides is 1. The largest absolute Gasteiger partial charge is 0.480 e. The van der Waals surface area contributed by atoms with Gasteiger partial charge in [0.15, 0.2) is 0 Å². The molecule has 0 aromatic heterocycles. The first kappa shape index (κ1) is 11.9. The first-order valence-electron chi connectivity index (χ1n) is 3.97. The van der Waals surface area contributed by atoms with Gasteiger partial charge in [-0.15, -0.1) is 0 Å². The fourth-order valence-corrected chi connectivity index (χ4v) is 0.796. The second kappa shape index (κ2) is 3.74. The fourth-order valence-electron chi connectivity index (χ4n) is 0.796. The van der Waals surface area contributed by atoms with Gasteiger partial charge in [-0.1, -0.05) is 0 Å². The number of carbonyl (C=O) groups is 2. The van der Waals surface area contributed by atoms with Crippen LogP contribution in [0.3, 0.4) is 0 Å². The molecule has 0 spiro atoms. The van der Waals surface area contributed by atoms with Crippen LogP contribution >= 0.6 is 0 Å². The van der Waals surface area contributed by atoms with Gasteiger partial charge in [0.25, 0.3) is 0 Å². The zero-order valence-electron chi connectivity index (χ0n) is 8.37. The molecule has 0 heterocycles. The van der Waals surface area contributed by atoms with Crippen molar-refractivity contribution in [3.8, 4) is 0 Å². The van der Waals surface area contributed by atoms with E-state index in [1.54, 1.807) is 13.8 Å². The van der Waals surface area contributed by atoms with Crippen LogP contribution in [0.2, 0.25) is 0 Å². The Morgan fingerprint density at radius 1 is 1.46 bits per heavy atom. The summed E-state index contributed by atoms with van der Waals surface area (Å²) >= 11 is 0. The summed E-state index contributed by atoms with van der Waals surface area (Å²) in [5.41, 5.74) is 4.50. The van der Waals surface area contributed by atoms with E-state index < -0.39 is 17.6 Å². The van der Waals surface area contributed by atoms with Gasteiger partial charge in [0.2, 0.25) is 5.91 Å². The molecule has 0 aliphatic rings. The molecule has 5 nitrogen and oxygen atoms in total. The van der Waals surface area contributed by atoms with E-state index in [1.807, 2.05) is 0 Å². The number of carbonyl (C=O) groups excluding carboxylic acids is 1. The molecule has 0 aromatic carbocycles. The summed E-state index contributed by atoms with van der Waals surface area (Å²) in [5.74, 6) is -1.43. The molecule has 0 bridgehead atoms. The maximum Gasteiger partial charge on any atom is 0.326 e. The third-order valence-corrected chi connectivity index (χ3v) is 1.81. The molecule has 0 aromatic rings. The zero-order chi connectivity index (χ0) is 10.8. The molecule has 76 valence electrons. The minimum atomic E-state index is -1.04.